The fourth-order valence-corrected chi connectivity index (χ4v) is 1.74. The van der Waals surface area contributed by atoms with Gasteiger partial charge in [0.2, 0.25) is 0 Å². The van der Waals surface area contributed by atoms with Gasteiger partial charge in [0.25, 0.3) is 0 Å². The van der Waals surface area contributed by atoms with Gasteiger partial charge in [-0.3, -0.25) is 0 Å². The van der Waals surface area contributed by atoms with E-state index in [0.29, 0.717) is 0 Å². The number of allylic oxidation sites excluding steroid dienone is 10. The summed E-state index contributed by atoms with van der Waals surface area (Å²) in [5.41, 5.74) is 6.55. The van der Waals surface area contributed by atoms with Crippen LogP contribution in [0.3, 0.4) is 0 Å². The summed E-state index contributed by atoms with van der Waals surface area (Å²) >= 11 is 0. The number of rotatable bonds is 8. The summed E-state index contributed by atoms with van der Waals surface area (Å²) < 4.78 is 0. The molecule has 2 nitrogen and oxygen atoms in total. The van der Waals surface area contributed by atoms with E-state index in [4.69, 9.17) is 0 Å². The first-order valence-electron chi connectivity index (χ1n) is 7.37. The van der Waals surface area contributed by atoms with Gasteiger partial charge < -0.3 is 10.6 Å². The summed E-state index contributed by atoms with van der Waals surface area (Å²) in [6.07, 6.45) is 9.28. The van der Waals surface area contributed by atoms with Crippen LogP contribution in [0.4, 0.5) is 0 Å². The van der Waals surface area contributed by atoms with Crippen molar-refractivity contribution in [3.05, 3.63) is 71.1 Å². The van der Waals surface area contributed by atoms with Gasteiger partial charge >= 0.3 is 0 Å². The third-order valence-corrected chi connectivity index (χ3v) is 3.61. The Labute approximate surface area is 130 Å². The fourth-order valence-electron chi connectivity index (χ4n) is 1.74. The van der Waals surface area contributed by atoms with Crippen LogP contribution >= 0.6 is 0 Å². The molecule has 2 heteroatoms. The maximum absolute atomic E-state index is 4.21. The highest BCUT2D eigenvalue weighted by Gasteiger charge is 2.06. The Morgan fingerprint density at radius 3 is 2.05 bits per heavy atom. The molecule has 0 aliphatic heterocycles. The molecule has 0 heterocycles. The van der Waals surface area contributed by atoms with Gasteiger partial charge in [0.05, 0.1) is 0 Å². The lowest BCUT2D eigenvalue weighted by Gasteiger charge is -2.13. The van der Waals surface area contributed by atoms with Gasteiger partial charge in [0, 0.05) is 25.5 Å². The van der Waals surface area contributed by atoms with Crippen molar-refractivity contribution in [3.8, 4) is 0 Å². The van der Waals surface area contributed by atoms with Gasteiger partial charge in [-0.15, -0.1) is 0 Å². The van der Waals surface area contributed by atoms with Crippen molar-refractivity contribution in [1.29, 1.82) is 0 Å². The normalized spacial score (nSPS) is 14.5. The quantitative estimate of drug-likeness (QED) is 0.636. The van der Waals surface area contributed by atoms with Gasteiger partial charge in [-0.25, -0.2) is 0 Å². The Kier molecular flexibility index (Phi) is 8.95. The third-order valence-electron chi connectivity index (χ3n) is 3.61. The molecule has 0 fully saturated rings. The predicted molar refractivity (Wildman–Crippen MR) is 96.0 cm³/mol. The Bertz CT molecular complexity index is 500. The molecule has 0 aromatic heterocycles. The Morgan fingerprint density at radius 2 is 1.62 bits per heavy atom. The van der Waals surface area contributed by atoms with E-state index in [0.717, 1.165) is 40.1 Å². The van der Waals surface area contributed by atoms with Crippen molar-refractivity contribution < 1.29 is 0 Å². The predicted octanol–water partition coefficient (Wildman–Crippen LogP) is 4.63. The van der Waals surface area contributed by atoms with Crippen molar-refractivity contribution in [2.75, 3.05) is 14.1 Å². The molecular formula is C19H30N2. The Hall–Kier alpha value is -1.96. The Morgan fingerprint density at radius 1 is 1.05 bits per heavy atom. The molecule has 0 radical (unpaired) electrons. The molecule has 0 aromatic carbocycles. The molecule has 0 aromatic rings. The molecule has 116 valence electrons. The van der Waals surface area contributed by atoms with Crippen LogP contribution in [-0.2, 0) is 0 Å². The van der Waals surface area contributed by atoms with E-state index < -0.39 is 0 Å². The summed E-state index contributed by atoms with van der Waals surface area (Å²) in [5.74, 6) is 0. The highest BCUT2D eigenvalue weighted by molar-refractivity contribution is 5.54. The Balaban J connectivity index is 5.76. The van der Waals surface area contributed by atoms with E-state index in [-0.39, 0.29) is 0 Å². The highest BCUT2D eigenvalue weighted by atomic mass is 14.8. The first-order valence-corrected chi connectivity index (χ1v) is 7.37. The van der Waals surface area contributed by atoms with Gasteiger partial charge in [-0.1, -0.05) is 38.3 Å². The second-order valence-corrected chi connectivity index (χ2v) is 4.92. The molecule has 0 aliphatic carbocycles. The first kappa shape index (κ1) is 19.0. The maximum Gasteiger partial charge on any atom is 0.0146 e. The van der Waals surface area contributed by atoms with E-state index in [1.807, 2.05) is 27.1 Å². The summed E-state index contributed by atoms with van der Waals surface area (Å²) in [6, 6.07) is 0. The average Bonchev–Trinajstić information content (AvgIpc) is 2.52. The van der Waals surface area contributed by atoms with Crippen molar-refractivity contribution >= 4 is 0 Å². The zero-order valence-corrected chi connectivity index (χ0v) is 14.4. The minimum atomic E-state index is 0.989. The monoisotopic (exact) mass is 286 g/mol. The average molecular weight is 286 g/mol. The molecule has 21 heavy (non-hydrogen) atoms. The molecule has 0 rings (SSSR count). The van der Waals surface area contributed by atoms with Crippen LogP contribution in [0.5, 0.6) is 0 Å². The molecular weight excluding hydrogens is 256 g/mol. The fraction of sp³-hybridized carbons (Fsp3) is 0.368. The van der Waals surface area contributed by atoms with Crippen molar-refractivity contribution in [3.63, 3.8) is 0 Å². The van der Waals surface area contributed by atoms with Gasteiger partial charge in [0.15, 0.2) is 0 Å². The van der Waals surface area contributed by atoms with E-state index in [1.165, 1.54) is 0 Å². The summed E-state index contributed by atoms with van der Waals surface area (Å²) in [7, 11) is 3.85. The number of hydrogen-bond acceptors (Lipinski definition) is 2. The highest BCUT2D eigenvalue weighted by Crippen LogP contribution is 2.22. The van der Waals surface area contributed by atoms with Crippen LogP contribution in [-0.4, -0.2) is 14.1 Å². The van der Waals surface area contributed by atoms with Crippen molar-refractivity contribution in [1.82, 2.24) is 10.6 Å². The third kappa shape index (κ3) is 5.90. The second kappa shape index (κ2) is 9.87. The molecule has 0 saturated heterocycles. The van der Waals surface area contributed by atoms with Crippen LogP contribution in [0.1, 0.15) is 34.1 Å². The molecule has 0 atom stereocenters. The maximum atomic E-state index is 4.21. The minimum absolute atomic E-state index is 0.989. The molecule has 0 amide bonds. The molecule has 0 bridgehead atoms. The summed E-state index contributed by atoms with van der Waals surface area (Å²) in [4.78, 5) is 0. The number of nitrogens with one attached hydrogen (secondary N) is 2. The SMILES string of the molecule is C=C\C(=C/C(/C=C/CC)=C(\C)NC)C(=C)/C(C)=C(\C)NC. The molecule has 0 saturated carbocycles. The zero-order chi connectivity index (χ0) is 16.4. The molecule has 0 unspecified atom stereocenters. The lowest BCUT2D eigenvalue weighted by atomic mass is 9.96. The smallest absolute Gasteiger partial charge is 0.0146 e. The van der Waals surface area contributed by atoms with E-state index in [9.17, 15) is 0 Å². The van der Waals surface area contributed by atoms with Crippen molar-refractivity contribution in [2.24, 2.45) is 0 Å². The van der Waals surface area contributed by atoms with E-state index in [2.05, 4.69) is 62.8 Å². The van der Waals surface area contributed by atoms with Crippen LogP contribution in [0.2, 0.25) is 0 Å². The zero-order valence-electron chi connectivity index (χ0n) is 14.4. The lowest BCUT2D eigenvalue weighted by molar-refractivity contribution is 0.962. The van der Waals surface area contributed by atoms with Gasteiger partial charge in [0.1, 0.15) is 0 Å². The number of hydrogen-bond donors (Lipinski definition) is 2. The molecule has 0 spiro atoms. The molecule has 0 aliphatic rings. The molecule has 2 N–H and O–H groups in total. The van der Waals surface area contributed by atoms with Gasteiger partial charge in [-0.2, -0.15) is 0 Å². The lowest BCUT2D eigenvalue weighted by Crippen LogP contribution is -2.07. The van der Waals surface area contributed by atoms with Crippen LogP contribution < -0.4 is 10.6 Å². The van der Waals surface area contributed by atoms with Crippen LogP contribution in [0.25, 0.3) is 0 Å². The van der Waals surface area contributed by atoms with Crippen molar-refractivity contribution in [2.45, 2.75) is 34.1 Å². The van der Waals surface area contributed by atoms with Crippen LogP contribution in [0.15, 0.2) is 71.1 Å². The van der Waals surface area contributed by atoms with Gasteiger partial charge in [-0.05, 0) is 55.6 Å². The topological polar surface area (TPSA) is 24.1 Å². The van der Waals surface area contributed by atoms with E-state index >= 15 is 0 Å². The summed E-state index contributed by atoms with van der Waals surface area (Å²) in [6.45, 7) is 16.5. The van der Waals surface area contributed by atoms with Crippen LogP contribution in [0, 0.1) is 0 Å². The second-order valence-electron chi connectivity index (χ2n) is 4.92. The minimum Gasteiger partial charge on any atom is -0.391 e. The van der Waals surface area contributed by atoms with E-state index in [1.54, 1.807) is 0 Å². The summed E-state index contributed by atoms with van der Waals surface area (Å²) in [5, 5.41) is 6.37. The largest absolute Gasteiger partial charge is 0.391 e. The standard InChI is InChI=1S/C19H30N2/c1-9-11-12-19(17(6)21-8)13-18(10-2)15(4)14(3)16(5)20-7/h10-13,20-21H,2,4,9H2,1,3,5-8H3/b12-11+,16-14+,18-13+,19-17+. The first-order chi connectivity index (χ1) is 9.92.